The van der Waals surface area contributed by atoms with Gasteiger partial charge in [-0.1, -0.05) is 13.5 Å². The van der Waals surface area contributed by atoms with Crippen LogP contribution in [0.1, 0.15) is 6.92 Å². The van der Waals surface area contributed by atoms with Crippen molar-refractivity contribution in [2.24, 2.45) is 0 Å². The van der Waals surface area contributed by atoms with Crippen molar-refractivity contribution in [2.75, 3.05) is 86.1 Å². The van der Waals surface area contributed by atoms with E-state index in [0.717, 1.165) is 0 Å². The van der Waals surface area contributed by atoms with Crippen molar-refractivity contribution in [2.45, 2.75) is 6.92 Å². The van der Waals surface area contributed by atoms with Crippen LogP contribution in [0.15, 0.2) is 12.8 Å². The summed E-state index contributed by atoms with van der Waals surface area (Å²) in [5.74, 6) is 0. The highest BCUT2D eigenvalue weighted by atomic mass is 15.3. The molecule has 5 heteroatoms. The lowest BCUT2D eigenvalue weighted by atomic mass is 10.3. The predicted octanol–water partition coefficient (Wildman–Crippen LogP) is 0.221. The second-order valence-electron chi connectivity index (χ2n) is 5.91. The first-order valence-electron chi connectivity index (χ1n) is 8.33. The maximum absolute atomic E-state index is 3.37. The first-order valence-corrected chi connectivity index (χ1v) is 8.33. The molecule has 2 fully saturated rings. The number of likely N-dealkylation sites (N-methyl/N-ethyl adjacent to an activating group) is 2. The molecule has 0 aromatic heterocycles. The Labute approximate surface area is 131 Å². The molecule has 2 aliphatic heterocycles. The molecule has 2 saturated heterocycles. The van der Waals surface area contributed by atoms with Crippen molar-refractivity contribution in [1.82, 2.24) is 24.9 Å². The third kappa shape index (κ3) is 7.81. The smallest absolute Gasteiger partial charge is 0.0110 e. The van der Waals surface area contributed by atoms with E-state index in [9.17, 15) is 0 Å². The van der Waals surface area contributed by atoms with E-state index in [-0.39, 0.29) is 0 Å². The average Bonchev–Trinajstić information content (AvgIpc) is 2.55. The lowest BCUT2D eigenvalue weighted by Gasteiger charge is -2.37. The van der Waals surface area contributed by atoms with Gasteiger partial charge in [-0.3, -0.25) is 9.80 Å². The van der Waals surface area contributed by atoms with Gasteiger partial charge in [0.1, 0.15) is 0 Å². The van der Waals surface area contributed by atoms with Gasteiger partial charge in [-0.2, -0.15) is 0 Å². The maximum Gasteiger partial charge on any atom is 0.0110 e. The standard InChI is InChI=1S/C13H28N4.C3H7N/c1-3-15-8-10-17(11-9-15)13-12-16-6-4-14(2)5-7-16;1-3-4-2/h3-13H2,1-2H3;3-4H,1H2,2H3. The van der Waals surface area contributed by atoms with Gasteiger partial charge in [0.05, 0.1) is 0 Å². The van der Waals surface area contributed by atoms with Crippen molar-refractivity contribution in [3.8, 4) is 0 Å². The third-order valence-corrected chi connectivity index (χ3v) is 4.44. The van der Waals surface area contributed by atoms with Gasteiger partial charge < -0.3 is 15.1 Å². The van der Waals surface area contributed by atoms with Gasteiger partial charge in [0.15, 0.2) is 0 Å². The fourth-order valence-corrected chi connectivity index (χ4v) is 2.68. The largest absolute Gasteiger partial charge is 0.394 e. The zero-order valence-corrected chi connectivity index (χ0v) is 14.4. The van der Waals surface area contributed by atoms with E-state index in [2.05, 4.69) is 45.5 Å². The van der Waals surface area contributed by atoms with Crippen molar-refractivity contribution in [1.29, 1.82) is 0 Å². The molecule has 0 amide bonds. The van der Waals surface area contributed by atoms with Gasteiger partial charge in [-0.25, -0.2) is 0 Å². The van der Waals surface area contributed by atoms with Crippen LogP contribution in [0.4, 0.5) is 0 Å². The minimum Gasteiger partial charge on any atom is -0.394 e. The maximum atomic E-state index is 3.37. The summed E-state index contributed by atoms with van der Waals surface area (Å²) in [7, 11) is 4.04. The number of rotatable bonds is 5. The zero-order chi connectivity index (χ0) is 15.5. The molecule has 2 heterocycles. The van der Waals surface area contributed by atoms with E-state index >= 15 is 0 Å². The van der Waals surface area contributed by atoms with Gasteiger partial charge in [0.2, 0.25) is 0 Å². The van der Waals surface area contributed by atoms with Crippen LogP contribution in [0.2, 0.25) is 0 Å². The molecule has 2 rings (SSSR count). The molecule has 0 saturated carbocycles. The van der Waals surface area contributed by atoms with Crippen LogP contribution >= 0.6 is 0 Å². The quantitative estimate of drug-likeness (QED) is 0.783. The first-order chi connectivity index (χ1) is 10.2. The van der Waals surface area contributed by atoms with Crippen molar-refractivity contribution in [3.63, 3.8) is 0 Å². The molecular weight excluding hydrogens is 262 g/mol. The molecular formula is C16H35N5. The van der Waals surface area contributed by atoms with E-state index in [1.165, 1.54) is 72.0 Å². The topological polar surface area (TPSA) is 25.0 Å². The Hall–Kier alpha value is -0.620. The van der Waals surface area contributed by atoms with Gasteiger partial charge >= 0.3 is 0 Å². The summed E-state index contributed by atoms with van der Waals surface area (Å²) in [4.78, 5) is 10.2. The molecule has 0 spiro atoms. The molecule has 0 aromatic rings. The summed E-state index contributed by atoms with van der Waals surface area (Å²) in [6.45, 7) is 19.4. The monoisotopic (exact) mass is 297 g/mol. The Morgan fingerprint density at radius 2 is 1.24 bits per heavy atom. The molecule has 124 valence electrons. The van der Waals surface area contributed by atoms with Crippen LogP contribution in [0.5, 0.6) is 0 Å². The molecule has 2 aliphatic rings. The summed E-state index contributed by atoms with van der Waals surface area (Å²) in [6.07, 6.45) is 1.62. The Morgan fingerprint density at radius 3 is 1.62 bits per heavy atom. The molecule has 5 nitrogen and oxygen atoms in total. The highest BCUT2D eigenvalue weighted by Crippen LogP contribution is 2.03. The van der Waals surface area contributed by atoms with Gasteiger partial charge in [0, 0.05) is 72.5 Å². The molecule has 0 aliphatic carbocycles. The summed E-state index contributed by atoms with van der Waals surface area (Å²) in [5.41, 5.74) is 0. The van der Waals surface area contributed by atoms with Crippen LogP contribution < -0.4 is 5.32 Å². The Kier molecular flexibility index (Phi) is 9.67. The number of nitrogens with zero attached hydrogens (tertiary/aromatic N) is 4. The number of piperazine rings is 2. The Balaban J connectivity index is 0.000000491. The normalized spacial score (nSPS) is 22.4. The van der Waals surface area contributed by atoms with E-state index in [1.807, 2.05) is 7.05 Å². The molecule has 0 aromatic carbocycles. The Bertz CT molecular complexity index is 255. The molecule has 0 radical (unpaired) electrons. The van der Waals surface area contributed by atoms with Gasteiger partial charge in [-0.05, 0) is 19.8 Å². The lowest BCUT2D eigenvalue weighted by molar-refractivity contribution is 0.104. The first kappa shape index (κ1) is 18.4. The number of nitrogens with one attached hydrogen (secondary N) is 1. The van der Waals surface area contributed by atoms with Gasteiger partial charge in [-0.15, -0.1) is 0 Å². The number of hydrogen-bond acceptors (Lipinski definition) is 5. The van der Waals surface area contributed by atoms with Crippen LogP contribution in [0, 0.1) is 0 Å². The summed E-state index contributed by atoms with van der Waals surface area (Å²) in [6, 6.07) is 0. The minimum absolute atomic E-state index is 1.21. The molecule has 0 bridgehead atoms. The lowest BCUT2D eigenvalue weighted by Crippen LogP contribution is -2.50. The fourth-order valence-electron chi connectivity index (χ4n) is 2.68. The highest BCUT2D eigenvalue weighted by Gasteiger charge is 2.17. The second kappa shape index (κ2) is 11.0. The molecule has 21 heavy (non-hydrogen) atoms. The van der Waals surface area contributed by atoms with E-state index in [4.69, 9.17) is 0 Å². The molecule has 0 unspecified atom stereocenters. The fraction of sp³-hybridized carbons (Fsp3) is 0.875. The van der Waals surface area contributed by atoms with Crippen molar-refractivity contribution in [3.05, 3.63) is 12.8 Å². The summed E-state index contributed by atoms with van der Waals surface area (Å²) >= 11 is 0. The predicted molar refractivity (Wildman–Crippen MR) is 91.7 cm³/mol. The Morgan fingerprint density at radius 1 is 0.857 bits per heavy atom. The van der Waals surface area contributed by atoms with E-state index in [1.54, 1.807) is 6.20 Å². The summed E-state index contributed by atoms with van der Waals surface area (Å²) in [5, 5.41) is 2.69. The van der Waals surface area contributed by atoms with Crippen LogP contribution in [0.25, 0.3) is 0 Å². The highest BCUT2D eigenvalue weighted by molar-refractivity contribution is 4.74. The van der Waals surface area contributed by atoms with Gasteiger partial charge in [0.25, 0.3) is 0 Å². The minimum atomic E-state index is 1.21. The van der Waals surface area contributed by atoms with Crippen LogP contribution in [-0.4, -0.2) is 106 Å². The third-order valence-electron chi connectivity index (χ3n) is 4.44. The average molecular weight is 297 g/mol. The molecule has 0 atom stereocenters. The van der Waals surface area contributed by atoms with Crippen molar-refractivity contribution < 1.29 is 0 Å². The summed E-state index contributed by atoms with van der Waals surface area (Å²) < 4.78 is 0. The van der Waals surface area contributed by atoms with E-state index in [0.29, 0.717) is 0 Å². The number of hydrogen-bond donors (Lipinski definition) is 1. The van der Waals surface area contributed by atoms with E-state index < -0.39 is 0 Å². The zero-order valence-electron chi connectivity index (χ0n) is 14.4. The second-order valence-corrected chi connectivity index (χ2v) is 5.91. The van der Waals surface area contributed by atoms with Crippen molar-refractivity contribution >= 4 is 0 Å². The SMILES string of the molecule is C=CNC.CCN1CCN(CCN2CCN(C)CC2)CC1. The van der Waals surface area contributed by atoms with Crippen LogP contribution in [0.3, 0.4) is 0 Å². The van der Waals surface area contributed by atoms with Crippen LogP contribution in [-0.2, 0) is 0 Å². The molecule has 1 N–H and O–H groups in total.